The van der Waals surface area contributed by atoms with Crippen LogP contribution in [0.3, 0.4) is 0 Å². The average molecular weight is 512 g/mol. The lowest BCUT2D eigenvalue weighted by Crippen LogP contribution is -2.33. The Hall–Kier alpha value is -4.21. The minimum atomic E-state index is -0.832. The Morgan fingerprint density at radius 3 is 2.30 bits per heavy atom. The van der Waals surface area contributed by atoms with E-state index in [2.05, 4.69) is 5.10 Å². The topological polar surface area (TPSA) is 123 Å². The highest BCUT2D eigenvalue weighted by Gasteiger charge is 2.22. The van der Waals surface area contributed by atoms with E-state index in [4.69, 9.17) is 19.9 Å². The summed E-state index contributed by atoms with van der Waals surface area (Å²) in [5.41, 5.74) is 7.14. The van der Waals surface area contributed by atoms with Gasteiger partial charge >= 0.3 is 11.9 Å². The second-order valence-corrected chi connectivity index (χ2v) is 9.00. The maximum atomic E-state index is 13.2. The van der Waals surface area contributed by atoms with Gasteiger partial charge in [0.1, 0.15) is 30.6 Å². The van der Waals surface area contributed by atoms with Gasteiger partial charge in [-0.2, -0.15) is 5.10 Å². The number of halogens is 1. The molecule has 0 radical (unpaired) electrons. The van der Waals surface area contributed by atoms with Crippen LogP contribution in [-0.4, -0.2) is 46.8 Å². The van der Waals surface area contributed by atoms with Gasteiger partial charge in [-0.15, -0.1) is 0 Å². The number of carbonyl (C=O) groups excluding carboxylic acids is 3. The van der Waals surface area contributed by atoms with Crippen molar-refractivity contribution in [2.75, 3.05) is 18.9 Å². The predicted molar refractivity (Wildman–Crippen MR) is 134 cm³/mol. The zero-order valence-corrected chi connectivity index (χ0v) is 21.1. The van der Waals surface area contributed by atoms with Gasteiger partial charge in [-0.05, 0) is 36.4 Å². The minimum absolute atomic E-state index is 0.0912. The lowest BCUT2D eigenvalue weighted by molar-refractivity contribution is -0.164. The number of aromatic nitrogens is 2. The van der Waals surface area contributed by atoms with Crippen molar-refractivity contribution >= 4 is 23.5 Å². The van der Waals surface area contributed by atoms with Crippen LogP contribution in [0.4, 0.5) is 10.2 Å². The third-order valence-corrected chi connectivity index (χ3v) is 5.29. The maximum absolute atomic E-state index is 13.2. The molecule has 0 aliphatic rings. The van der Waals surface area contributed by atoms with Crippen LogP contribution < -0.4 is 10.5 Å². The zero-order chi connectivity index (χ0) is 27.1. The standard InChI is InChI=1S/C27H30FN3O6/c1-16(2)26(33)36-15-22(37-27(34)17(3)4)14-35-21-7-5-6-18(12-21)24(32)23-13-30-31(25(23)29)20-10-8-19(28)9-11-20/h5-13,16-17,22H,14-15,29H2,1-4H3/t22-/m0/s1. The second-order valence-electron chi connectivity index (χ2n) is 9.00. The fourth-order valence-electron chi connectivity index (χ4n) is 3.15. The molecule has 1 aromatic heterocycles. The molecule has 0 aliphatic heterocycles. The van der Waals surface area contributed by atoms with E-state index in [1.54, 1.807) is 45.9 Å². The predicted octanol–water partition coefficient (Wildman–Crippen LogP) is 3.97. The van der Waals surface area contributed by atoms with Crippen molar-refractivity contribution in [3.05, 3.63) is 71.7 Å². The molecule has 0 aliphatic carbocycles. The Morgan fingerprint density at radius 1 is 0.973 bits per heavy atom. The number of anilines is 1. The van der Waals surface area contributed by atoms with Crippen LogP contribution in [0.15, 0.2) is 54.7 Å². The Morgan fingerprint density at radius 2 is 1.65 bits per heavy atom. The molecule has 2 aromatic carbocycles. The van der Waals surface area contributed by atoms with E-state index in [9.17, 15) is 18.8 Å². The van der Waals surface area contributed by atoms with Gasteiger partial charge in [-0.25, -0.2) is 9.07 Å². The first-order valence-electron chi connectivity index (χ1n) is 11.8. The fourth-order valence-corrected chi connectivity index (χ4v) is 3.15. The number of nitrogen functional groups attached to an aromatic ring is 1. The van der Waals surface area contributed by atoms with Crippen LogP contribution in [0, 0.1) is 17.7 Å². The van der Waals surface area contributed by atoms with Gasteiger partial charge < -0.3 is 19.9 Å². The number of carbonyl (C=O) groups is 3. The van der Waals surface area contributed by atoms with Crippen molar-refractivity contribution in [3.8, 4) is 11.4 Å². The molecule has 3 rings (SSSR count). The van der Waals surface area contributed by atoms with Crippen molar-refractivity contribution in [2.45, 2.75) is 33.8 Å². The molecule has 0 saturated heterocycles. The summed E-state index contributed by atoms with van der Waals surface area (Å²) in [6.45, 7) is 6.54. The van der Waals surface area contributed by atoms with Gasteiger partial charge in [0.05, 0.1) is 29.3 Å². The normalized spacial score (nSPS) is 11.9. The van der Waals surface area contributed by atoms with Crippen LogP contribution in [-0.2, 0) is 19.1 Å². The summed E-state index contributed by atoms with van der Waals surface area (Å²) < 4.78 is 31.0. The first-order valence-corrected chi connectivity index (χ1v) is 11.8. The van der Waals surface area contributed by atoms with Crippen molar-refractivity contribution in [3.63, 3.8) is 0 Å². The van der Waals surface area contributed by atoms with Crippen LogP contribution in [0.5, 0.6) is 5.75 Å². The molecular weight excluding hydrogens is 481 g/mol. The third kappa shape index (κ3) is 7.16. The number of nitrogens with zero attached hydrogens (tertiary/aromatic N) is 2. The molecular formula is C27H30FN3O6. The van der Waals surface area contributed by atoms with E-state index in [1.807, 2.05) is 0 Å². The van der Waals surface area contributed by atoms with Crippen molar-refractivity contribution in [1.82, 2.24) is 9.78 Å². The number of hydrogen-bond acceptors (Lipinski definition) is 8. The molecule has 2 N–H and O–H groups in total. The van der Waals surface area contributed by atoms with Gasteiger partial charge in [-0.1, -0.05) is 39.8 Å². The van der Waals surface area contributed by atoms with E-state index < -0.39 is 23.9 Å². The number of esters is 2. The Kier molecular flexibility index (Phi) is 9.00. The molecule has 9 nitrogen and oxygen atoms in total. The number of hydrogen-bond donors (Lipinski definition) is 1. The number of ketones is 1. The molecule has 0 saturated carbocycles. The SMILES string of the molecule is CC(C)C(=O)OC[C@H](COc1cccc(C(=O)c2cnn(-c3ccc(F)cc3)c2N)c1)OC(=O)C(C)C. The van der Waals surface area contributed by atoms with E-state index in [1.165, 1.54) is 41.2 Å². The molecule has 196 valence electrons. The number of nitrogens with two attached hydrogens (primary N) is 1. The molecule has 0 spiro atoms. The van der Waals surface area contributed by atoms with Gasteiger partial charge in [0.2, 0.25) is 0 Å². The largest absolute Gasteiger partial charge is 0.490 e. The molecule has 0 unspecified atom stereocenters. The van der Waals surface area contributed by atoms with Crippen LogP contribution in [0.1, 0.15) is 43.6 Å². The zero-order valence-electron chi connectivity index (χ0n) is 21.1. The van der Waals surface area contributed by atoms with E-state index in [0.29, 0.717) is 17.0 Å². The smallest absolute Gasteiger partial charge is 0.308 e. The average Bonchev–Trinajstić information content (AvgIpc) is 3.26. The lowest BCUT2D eigenvalue weighted by Gasteiger charge is -2.20. The Bertz CT molecular complexity index is 1250. The molecule has 0 bridgehead atoms. The third-order valence-electron chi connectivity index (χ3n) is 5.29. The molecule has 1 atom stereocenters. The summed E-state index contributed by atoms with van der Waals surface area (Å²) in [4.78, 5) is 37.1. The first kappa shape index (κ1) is 27.4. The summed E-state index contributed by atoms with van der Waals surface area (Å²) in [6, 6.07) is 12.0. The van der Waals surface area contributed by atoms with Crippen molar-refractivity contribution in [1.29, 1.82) is 0 Å². The number of benzene rings is 2. The Balaban J connectivity index is 1.72. The van der Waals surface area contributed by atoms with Gasteiger partial charge in [0, 0.05) is 5.56 Å². The monoisotopic (exact) mass is 511 g/mol. The molecule has 3 aromatic rings. The highest BCUT2D eigenvalue weighted by Crippen LogP contribution is 2.23. The molecule has 0 fully saturated rings. The van der Waals surface area contributed by atoms with E-state index in [0.717, 1.165) is 0 Å². The van der Waals surface area contributed by atoms with Crippen molar-refractivity contribution < 1.29 is 33.0 Å². The lowest BCUT2D eigenvalue weighted by atomic mass is 10.1. The summed E-state index contributed by atoms with van der Waals surface area (Å²) in [7, 11) is 0. The first-order chi connectivity index (χ1) is 17.6. The van der Waals surface area contributed by atoms with Crippen LogP contribution in [0.25, 0.3) is 5.69 Å². The fraction of sp³-hybridized carbons (Fsp3) is 0.333. The summed E-state index contributed by atoms with van der Waals surface area (Å²) in [5, 5.41) is 4.16. The van der Waals surface area contributed by atoms with E-state index in [-0.39, 0.29) is 42.2 Å². The maximum Gasteiger partial charge on any atom is 0.308 e. The molecule has 0 amide bonds. The Labute approximate surface area is 214 Å². The number of rotatable bonds is 11. The second kappa shape index (κ2) is 12.2. The quantitative estimate of drug-likeness (QED) is 0.303. The summed E-state index contributed by atoms with van der Waals surface area (Å²) >= 11 is 0. The van der Waals surface area contributed by atoms with Crippen molar-refractivity contribution in [2.24, 2.45) is 11.8 Å². The highest BCUT2D eigenvalue weighted by molar-refractivity contribution is 6.11. The summed E-state index contributed by atoms with van der Waals surface area (Å²) in [6.07, 6.45) is 0.514. The van der Waals surface area contributed by atoms with E-state index >= 15 is 0 Å². The molecule has 37 heavy (non-hydrogen) atoms. The van der Waals surface area contributed by atoms with Crippen LogP contribution >= 0.6 is 0 Å². The molecule has 1 heterocycles. The van der Waals surface area contributed by atoms with Crippen LogP contribution in [0.2, 0.25) is 0 Å². The van der Waals surface area contributed by atoms with Gasteiger partial charge in [0.25, 0.3) is 0 Å². The minimum Gasteiger partial charge on any atom is -0.490 e. The highest BCUT2D eigenvalue weighted by atomic mass is 19.1. The molecule has 10 heteroatoms. The summed E-state index contributed by atoms with van der Waals surface area (Å²) in [5.74, 6) is -1.90. The van der Waals surface area contributed by atoms with Gasteiger partial charge in [0.15, 0.2) is 11.9 Å². The number of ether oxygens (including phenoxy) is 3. The van der Waals surface area contributed by atoms with Gasteiger partial charge in [-0.3, -0.25) is 14.4 Å².